The van der Waals surface area contributed by atoms with Gasteiger partial charge < -0.3 is 4.74 Å². The van der Waals surface area contributed by atoms with Crippen molar-refractivity contribution in [2.75, 3.05) is 6.61 Å². The van der Waals surface area contributed by atoms with Crippen molar-refractivity contribution in [2.45, 2.75) is 38.0 Å². The molecule has 8 heteroatoms. The third-order valence-corrected chi connectivity index (χ3v) is 7.58. The molecular weight excluding hydrogens is 444 g/mol. The predicted molar refractivity (Wildman–Crippen MR) is 135 cm³/mol. The summed E-state index contributed by atoms with van der Waals surface area (Å²) < 4.78 is 8.31. The number of azo groups is 1. The average molecular weight is 469 g/mol. The molecule has 0 spiro atoms. The van der Waals surface area contributed by atoms with Gasteiger partial charge in [-0.15, -0.1) is 21.6 Å². The van der Waals surface area contributed by atoms with Crippen molar-refractivity contribution in [1.82, 2.24) is 14.4 Å². The van der Waals surface area contributed by atoms with Crippen LogP contribution in [-0.2, 0) is 10.4 Å². The molecule has 34 heavy (non-hydrogen) atoms. The van der Waals surface area contributed by atoms with E-state index in [1.807, 2.05) is 49.5 Å². The Balaban J connectivity index is 1.60. The molecule has 1 saturated heterocycles. The van der Waals surface area contributed by atoms with Crippen molar-refractivity contribution >= 4 is 29.4 Å². The fourth-order valence-electron chi connectivity index (χ4n) is 4.73. The van der Waals surface area contributed by atoms with Crippen molar-refractivity contribution < 1.29 is 4.74 Å². The highest BCUT2D eigenvalue weighted by atomic mass is 32.1. The number of aliphatic imine (C=N–C) groups is 1. The molecule has 0 bridgehead atoms. The number of hydrogen-bond acceptors (Lipinski definition) is 7. The van der Waals surface area contributed by atoms with E-state index in [4.69, 9.17) is 19.7 Å². The Morgan fingerprint density at radius 3 is 2.76 bits per heavy atom. The van der Waals surface area contributed by atoms with Crippen LogP contribution in [0.4, 0.5) is 0 Å². The van der Waals surface area contributed by atoms with Crippen LogP contribution in [0, 0.1) is 6.92 Å². The molecule has 2 unspecified atom stereocenters. The molecule has 6 rings (SSSR count). The van der Waals surface area contributed by atoms with Gasteiger partial charge in [-0.05, 0) is 43.9 Å². The van der Waals surface area contributed by atoms with E-state index in [1.165, 1.54) is 0 Å². The zero-order valence-corrected chi connectivity index (χ0v) is 19.7. The van der Waals surface area contributed by atoms with E-state index in [0.29, 0.717) is 6.61 Å². The van der Waals surface area contributed by atoms with Gasteiger partial charge >= 0.3 is 0 Å². The van der Waals surface area contributed by atoms with Crippen molar-refractivity contribution in [3.05, 3.63) is 71.4 Å². The number of hydrogen-bond donors (Lipinski definition) is 0. The Hall–Kier alpha value is -3.49. The molecule has 0 amide bonds. The molecule has 0 radical (unpaired) electrons. The molecule has 170 valence electrons. The summed E-state index contributed by atoms with van der Waals surface area (Å²) in [7, 11) is 0. The Morgan fingerprint density at radius 2 is 2.03 bits per heavy atom. The molecule has 7 nitrogen and oxygen atoms in total. The number of aromatic nitrogens is 3. The molecule has 0 aliphatic carbocycles. The number of benzene rings is 1. The highest BCUT2D eigenvalue weighted by molar-refractivity contribution is 7.15. The number of pyridine rings is 1. The largest absolute Gasteiger partial charge is 0.373 e. The number of aryl methyl sites for hydroxylation is 1. The smallest absolute Gasteiger partial charge is 0.234 e. The first-order chi connectivity index (χ1) is 16.7. The minimum atomic E-state index is -0.914. The van der Waals surface area contributed by atoms with E-state index in [9.17, 15) is 0 Å². The molecule has 1 aromatic carbocycles. The van der Waals surface area contributed by atoms with E-state index < -0.39 is 5.66 Å². The first-order valence-electron chi connectivity index (χ1n) is 11.4. The van der Waals surface area contributed by atoms with Crippen LogP contribution in [0.1, 0.15) is 35.4 Å². The standard InChI is InChI=1S/C26H24N6OS/c1-3-18-12-13-21-29-17(2)23(32(21)15-18)25-30-22(19-9-5-4-6-10-19)24(34-25)26(27-16-28-31-26)20-11-7-8-14-33-20/h3-6,9-10,12-13,15-16,20H,1,7-8,11,14H2,2H3. The number of thiazole rings is 1. The summed E-state index contributed by atoms with van der Waals surface area (Å²) in [6, 6.07) is 14.2. The van der Waals surface area contributed by atoms with Gasteiger partial charge in [0.2, 0.25) is 5.66 Å². The van der Waals surface area contributed by atoms with Crippen LogP contribution in [-0.4, -0.2) is 33.4 Å². The Morgan fingerprint density at radius 1 is 1.15 bits per heavy atom. The summed E-state index contributed by atoms with van der Waals surface area (Å²) >= 11 is 1.60. The van der Waals surface area contributed by atoms with Crippen LogP contribution in [0.5, 0.6) is 0 Å². The minimum Gasteiger partial charge on any atom is -0.373 e. The number of ether oxygens (including phenoxy) is 1. The fraction of sp³-hybridized carbons (Fsp3) is 0.269. The Labute approximate surface area is 201 Å². The molecule has 0 N–H and O–H groups in total. The van der Waals surface area contributed by atoms with E-state index in [-0.39, 0.29) is 6.10 Å². The molecule has 4 aromatic rings. The van der Waals surface area contributed by atoms with Crippen LogP contribution < -0.4 is 0 Å². The monoisotopic (exact) mass is 468 g/mol. The zero-order valence-electron chi connectivity index (χ0n) is 18.9. The number of fused-ring (bicyclic) bond motifs is 1. The highest BCUT2D eigenvalue weighted by Crippen LogP contribution is 2.48. The molecule has 2 atom stereocenters. The average Bonchev–Trinajstić information content (AvgIpc) is 3.61. The summed E-state index contributed by atoms with van der Waals surface area (Å²) in [5.74, 6) is 0. The summed E-state index contributed by atoms with van der Waals surface area (Å²) in [6.07, 6.45) is 8.28. The zero-order chi connectivity index (χ0) is 23.1. The second kappa shape index (κ2) is 8.38. The van der Waals surface area contributed by atoms with Crippen molar-refractivity contribution in [3.8, 4) is 22.0 Å². The van der Waals surface area contributed by atoms with E-state index in [0.717, 1.165) is 63.0 Å². The van der Waals surface area contributed by atoms with E-state index in [1.54, 1.807) is 17.7 Å². The molecule has 2 aliphatic heterocycles. The lowest BCUT2D eigenvalue weighted by molar-refractivity contribution is -0.0305. The van der Waals surface area contributed by atoms with Gasteiger partial charge in [-0.1, -0.05) is 43.0 Å². The quantitative estimate of drug-likeness (QED) is 0.345. The SMILES string of the molecule is C=Cc1ccc2nc(C)c(-c3nc(-c4ccccc4)c(C4(C5CCCCO5)N=CN=N4)s3)n2c1. The lowest BCUT2D eigenvalue weighted by Crippen LogP contribution is -2.39. The topological polar surface area (TPSA) is 76.5 Å². The third-order valence-electron chi connectivity index (χ3n) is 6.41. The minimum absolute atomic E-state index is 0.171. The van der Waals surface area contributed by atoms with Crippen molar-refractivity contribution in [1.29, 1.82) is 0 Å². The van der Waals surface area contributed by atoms with E-state index >= 15 is 0 Å². The second-order valence-corrected chi connectivity index (χ2v) is 9.54. The highest BCUT2D eigenvalue weighted by Gasteiger charge is 2.48. The normalized spacial score (nSPS) is 22.0. The van der Waals surface area contributed by atoms with Gasteiger partial charge in [0.1, 0.15) is 28.8 Å². The van der Waals surface area contributed by atoms with Crippen molar-refractivity contribution in [2.24, 2.45) is 15.2 Å². The summed E-state index contributed by atoms with van der Waals surface area (Å²) in [6.45, 7) is 6.65. The second-order valence-electron chi connectivity index (χ2n) is 8.54. The number of nitrogens with zero attached hydrogens (tertiary/aromatic N) is 6. The first-order valence-corrected chi connectivity index (χ1v) is 12.3. The van der Waals surface area contributed by atoms with Crippen LogP contribution in [0.2, 0.25) is 0 Å². The Bertz CT molecular complexity index is 1420. The van der Waals surface area contributed by atoms with Crippen LogP contribution in [0.15, 0.2) is 70.5 Å². The molecule has 2 aliphatic rings. The molecule has 5 heterocycles. The maximum absolute atomic E-state index is 6.22. The lowest BCUT2D eigenvalue weighted by atomic mass is 9.93. The van der Waals surface area contributed by atoms with Gasteiger partial charge in [-0.2, -0.15) is 0 Å². The maximum Gasteiger partial charge on any atom is 0.234 e. The fourth-order valence-corrected chi connectivity index (χ4v) is 6.04. The van der Waals surface area contributed by atoms with Crippen molar-refractivity contribution in [3.63, 3.8) is 0 Å². The third kappa shape index (κ3) is 3.33. The summed E-state index contributed by atoms with van der Waals surface area (Å²) in [5.41, 5.74) is 4.74. The van der Waals surface area contributed by atoms with Gasteiger partial charge in [0.15, 0.2) is 0 Å². The number of rotatable bonds is 5. The summed E-state index contributed by atoms with van der Waals surface area (Å²) in [5, 5.41) is 9.72. The number of imidazole rings is 1. The maximum atomic E-state index is 6.22. The molecular formula is C26H24N6OS. The van der Waals surface area contributed by atoms with Gasteiger partial charge in [-0.25, -0.2) is 15.0 Å². The first kappa shape index (κ1) is 21.1. The molecule has 1 fully saturated rings. The van der Waals surface area contributed by atoms with Crippen LogP contribution in [0.3, 0.4) is 0 Å². The summed E-state index contributed by atoms with van der Waals surface area (Å²) in [4.78, 5) is 15.7. The van der Waals surface area contributed by atoms with E-state index in [2.05, 4.69) is 33.3 Å². The van der Waals surface area contributed by atoms with Gasteiger partial charge in [-0.3, -0.25) is 4.40 Å². The molecule has 0 saturated carbocycles. The van der Waals surface area contributed by atoms with Gasteiger partial charge in [0.25, 0.3) is 0 Å². The van der Waals surface area contributed by atoms with Crippen LogP contribution >= 0.6 is 11.3 Å². The molecule has 3 aromatic heterocycles. The van der Waals surface area contributed by atoms with Gasteiger partial charge in [0, 0.05) is 18.4 Å². The van der Waals surface area contributed by atoms with Crippen LogP contribution in [0.25, 0.3) is 33.7 Å². The van der Waals surface area contributed by atoms with Gasteiger partial charge in [0.05, 0.1) is 16.3 Å². The Kier molecular flexibility index (Phi) is 5.19. The lowest BCUT2D eigenvalue weighted by Gasteiger charge is -2.33. The predicted octanol–water partition coefficient (Wildman–Crippen LogP) is 6.29.